The first kappa shape index (κ1) is 16.4. The molecule has 1 saturated carbocycles. The molecule has 3 rings (SSSR count). The van der Waals surface area contributed by atoms with Crippen LogP contribution in [0.2, 0.25) is 0 Å². The van der Waals surface area contributed by atoms with E-state index in [1.807, 2.05) is 6.92 Å². The first-order valence-corrected chi connectivity index (χ1v) is 8.72. The van der Waals surface area contributed by atoms with Crippen molar-refractivity contribution in [2.45, 2.75) is 30.8 Å². The molecule has 8 heteroatoms. The van der Waals surface area contributed by atoms with E-state index in [2.05, 4.69) is 10.4 Å². The third-order valence-electron chi connectivity index (χ3n) is 3.91. The SMILES string of the molecule is CSc1nn(-c2cc(C(=O)NC3CC3)ccc2C)c(N)c1C(=O)O. The molecule has 1 heterocycles. The molecular weight excluding hydrogens is 328 g/mol. The zero-order chi connectivity index (χ0) is 17.4. The second-order valence-corrected chi connectivity index (χ2v) is 6.53. The number of benzene rings is 1. The topological polar surface area (TPSA) is 110 Å². The van der Waals surface area contributed by atoms with Crippen LogP contribution in [0.25, 0.3) is 5.69 Å². The molecule has 4 N–H and O–H groups in total. The molecule has 1 aliphatic rings. The molecule has 2 aromatic rings. The molecule has 7 nitrogen and oxygen atoms in total. The Morgan fingerprint density at radius 2 is 2.12 bits per heavy atom. The lowest BCUT2D eigenvalue weighted by molar-refractivity contribution is 0.0694. The van der Waals surface area contributed by atoms with Crippen molar-refractivity contribution in [1.82, 2.24) is 15.1 Å². The number of hydrogen-bond acceptors (Lipinski definition) is 5. The van der Waals surface area contributed by atoms with Crippen LogP contribution in [0.3, 0.4) is 0 Å². The lowest BCUT2D eigenvalue weighted by atomic mass is 10.1. The molecule has 0 spiro atoms. The van der Waals surface area contributed by atoms with E-state index in [1.54, 1.807) is 24.5 Å². The standard InChI is InChI=1S/C16H18N4O3S/c1-8-3-4-9(14(21)18-10-5-6-10)7-11(8)20-13(17)12(16(22)23)15(19-20)24-2/h3-4,7,10H,5-6,17H2,1-2H3,(H,18,21)(H,22,23). The molecule has 1 amide bonds. The summed E-state index contributed by atoms with van der Waals surface area (Å²) in [6.45, 7) is 1.86. The second kappa shape index (κ2) is 6.20. The van der Waals surface area contributed by atoms with E-state index in [1.165, 1.54) is 16.4 Å². The van der Waals surface area contributed by atoms with Gasteiger partial charge < -0.3 is 16.2 Å². The van der Waals surface area contributed by atoms with Crippen LogP contribution in [0.5, 0.6) is 0 Å². The van der Waals surface area contributed by atoms with Crippen LogP contribution >= 0.6 is 11.8 Å². The maximum absolute atomic E-state index is 12.2. The summed E-state index contributed by atoms with van der Waals surface area (Å²) in [6.07, 6.45) is 3.76. The van der Waals surface area contributed by atoms with Gasteiger partial charge in [-0.1, -0.05) is 6.07 Å². The van der Waals surface area contributed by atoms with Gasteiger partial charge in [0.1, 0.15) is 16.4 Å². The van der Waals surface area contributed by atoms with Gasteiger partial charge in [-0.15, -0.1) is 11.8 Å². The van der Waals surface area contributed by atoms with Crippen molar-refractivity contribution < 1.29 is 14.7 Å². The Morgan fingerprint density at radius 1 is 1.42 bits per heavy atom. The van der Waals surface area contributed by atoms with Crippen LogP contribution in [0.15, 0.2) is 23.2 Å². The molecule has 1 aliphatic carbocycles. The zero-order valence-corrected chi connectivity index (χ0v) is 14.2. The highest BCUT2D eigenvalue weighted by molar-refractivity contribution is 7.98. The van der Waals surface area contributed by atoms with Crippen molar-refractivity contribution in [2.75, 3.05) is 12.0 Å². The summed E-state index contributed by atoms with van der Waals surface area (Å²) in [5.74, 6) is -1.22. The number of carboxylic acid groups (broad SMARTS) is 1. The number of carbonyl (C=O) groups excluding carboxylic acids is 1. The smallest absolute Gasteiger partial charge is 0.342 e. The molecule has 1 fully saturated rings. The number of rotatable bonds is 5. The maximum Gasteiger partial charge on any atom is 0.342 e. The Balaban J connectivity index is 2.05. The van der Waals surface area contributed by atoms with Gasteiger partial charge in [0.15, 0.2) is 0 Å². The third kappa shape index (κ3) is 2.96. The van der Waals surface area contributed by atoms with Crippen molar-refractivity contribution in [1.29, 1.82) is 0 Å². The number of nitrogens with one attached hydrogen (secondary N) is 1. The van der Waals surface area contributed by atoms with E-state index < -0.39 is 5.97 Å². The Morgan fingerprint density at radius 3 is 2.67 bits per heavy atom. The molecule has 0 bridgehead atoms. The largest absolute Gasteiger partial charge is 0.477 e. The molecule has 1 aromatic heterocycles. The Bertz CT molecular complexity index is 827. The minimum atomic E-state index is -1.12. The van der Waals surface area contributed by atoms with Gasteiger partial charge in [0, 0.05) is 11.6 Å². The Kier molecular flexibility index (Phi) is 4.23. The van der Waals surface area contributed by atoms with Gasteiger partial charge in [-0.25, -0.2) is 9.48 Å². The summed E-state index contributed by atoms with van der Waals surface area (Å²) in [4.78, 5) is 23.7. The number of aryl methyl sites for hydroxylation is 1. The number of aromatic nitrogens is 2. The molecule has 126 valence electrons. The predicted octanol–water partition coefficient (Wildman–Crippen LogP) is 2.08. The number of aromatic carboxylic acids is 1. The first-order chi connectivity index (χ1) is 11.4. The average molecular weight is 346 g/mol. The summed E-state index contributed by atoms with van der Waals surface area (Å²) in [6, 6.07) is 5.49. The van der Waals surface area contributed by atoms with E-state index >= 15 is 0 Å². The normalized spacial score (nSPS) is 13.8. The van der Waals surface area contributed by atoms with Gasteiger partial charge in [-0.05, 0) is 43.7 Å². The monoisotopic (exact) mass is 346 g/mol. The maximum atomic E-state index is 12.2. The fraction of sp³-hybridized carbons (Fsp3) is 0.312. The number of thioether (sulfide) groups is 1. The Hall–Kier alpha value is -2.48. The fourth-order valence-corrected chi connectivity index (χ4v) is 2.97. The average Bonchev–Trinajstić information content (AvgIpc) is 3.28. The van der Waals surface area contributed by atoms with E-state index in [4.69, 9.17) is 5.73 Å². The van der Waals surface area contributed by atoms with Crippen LogP contribution < -0.4 is 11.1 Å². The highest BCUT2D eigenvalue weighted by atomic mass is 32.2. The number of amides is 1. The van der Waals surface area contributed by atoms with Crippen molar-refractivity contribution in [3.8, 4) is 5.69 Å². The number of carboxylic acids is 1. The number of nitrogens with two attached hydrogens (primary N) is 1. The van der Waals surface area contributed by atoms with Crippen LogP contribution in [0.1, 0.15) is 39.1 Å². The minimum Gasteiger partial charge on any atom is -0.477 e. The van der Waals surface area contributed by atoms with Gasteiger partial charge >= 0.3 is 5.97 Å². The molecule has 0 atom stereocenters. The van der Waals surface area contributed by atoms with Crippen molar-refractivity contribution >= 4 is 29.5 Å². The number of carbonyl (C=O) groups is 2. The lowest BCUT2D eigenvalue weighted by Crippen LogP contribution is -2.25. The van der Waals surface area contributed by atoms with E-state index in [0.717, 1.165) is 18.4 Å². The quantitative estimate of drug-likeness (QED) is 0.715. The number of nitrogens with zero attached hydrogens (tertiary/aromatic N) is 2. The summed E-state index contributed by atoms with van der Waals surface area (Å²) in [5.41, 5.74) is 7.93. The van der Waals surface area contributed by atoms with Gasteiger partial charge in [-0.2, -0.15) is 5.10 Å². The highest BCUT2D eigenvalue weighted by Crippen LogP contribution is 2.29. The lowest BCUT2D eigenvalue weighted by Gasteiger charge is -2.11. The summed E-state index contributed by atoms with van der Waals surface area (Å²) < 4.78 is 1.39. The minimum absolute atomic E-state index is 0.0188. The molecule has 0 radical (unpaired) electrons. The van der Waals surface area contributed by atoms with E-state index in [-0.39, 0.29) is 23.3 Å². The predicted molar refractivity (Wildman–Crippen MR) is 91.9 cm³/mol. The Labute approximate surface area is 143 Å². The van der Waals surface area contributed by atoms with Gasteiger partial charge in [0.05, 0.1) is 5.69 Å². The van der Waals surface area contributed by atoms with E-state index in [9.17, 15) is 14.7 Å². The number of hydrogen-bond donors (Lipinski definition) is 3. The van der Waals surface area contributed by atoms with Crippen LogP contribution in [0, 0.1) is 6.92 Å². The molecular formula is C16H18N4O3S. The van der Waals surface area contributed by atoms with Crippen LogP contribution in [-0.2, 0) is 0 Å². The van der Waals surface area contributed by atoms with Crippen LogP contribution in [0.4, 0.5) is 5.82 Å². The molecule has 0 saturated heterocycles. The number of anilines is 1. The van der Waals surface area contributed by atoms with Gasteiger partial charge in [-0.3, -0.25) is 4.79 Å². The van der Waals surface area contributed by atoms with Crippen molar-refractivity contribution in [2.24, 2.45) is 0 Å². The highest BCUT2D eigenvalue weighted by Gasteiger charge is 2.25. The van der Waals surface area contributed by atoms with Crippen molar-refractivity contribution in [3.63, 3.8) is 0 Å². The van der Waals surface area contributed by atoms with Crippen LogP contribution in [-0.4, -0.2) is 39.1 Å². The molecule has 1 aromatic carbocycles. The summed E-state index contributed by atoms with van der Waals surface area (Å²) in [7, 11) is 0. The zero-order valence-electron chi connectivity index (χ0n) is 13.4. The van der Waals surface area contributed by atoms with Crippen molar-refractivity contribution in [3.05, 3.63) is 34.9 Å². The fourth-order valence-electron chi connectivity index (χ4n) is 2.41. The molecule has 24 heavy (non-hydrogen) atoms. The summed E-state index contributed by atoms with van der Waals surface area (Å²) >= 11 is 1.21. The van der Waals surface area contributed by atoms with Gasteiger partial charge in [0.25, 0.3) is 5.91 Å². The third-order valence-corrected chi connectivity index (χ3v) is 4.58. The molecule has 0 aliphatic heterocycles. The summed E-state index contributed by atoms with van der Waals surface area (Å²) in [5, 5.41) is 16.9. The molecule has 0 unspecified atom stereocenters. The van der Waals surface area contributed by atoms with Gasteiger partial charge in [0.2, 0.25) is 0 Å². The van der Waals surface area contributed by atoms with E-state index in [0.29, 0.717) is 16.3 Å². The number of nitrogen functional groups attached to an aromatic ring is 1. The second-order valence-electron chi connectivity index (χ2n) is 5.74. The first-order valence-electron chi connectivity index (χ1n) is 7.50.